The number of carbonyl (C=O) groups excluding carboxylic acids is 1. The number of ether oxygens (including phenoxy) is 2. The molecule has 0 radical (unpaired) electrons. The van der Waals surface area contributed by atoms with Gasteiger partial charge in [-0.05, 0) is 85.5 Å². The van der Waals surface area contributed by atoms with Crippen molar-refractivity contribution in [3.63, 3.8) is 0 Å². The molecule has 0 spiro atoms. The summed E-state index contributed by atoms with van der Waals surface area (Å²) in [4.78, 5) is 23.0. The van der Waals surface area contributed by atoms with Crippen LogP contribution in [-0.2, 0) is 11.4 Å². The van der Waals surface area contributed by atoms with E-state index in [4.69, 9.17) is 9.47 Å². The van der Waals surface area contributed by atoms with Crippen molar-refractivity contribution >= 4 is 23.4 Å². The first-order valence-electron chi connectivity index (χ1n) is 10.9. The summed E-state index contributed by atoms with van der Waals surface area (Å²) in [5, 5.41) is 23.1. The number of nitrogens with zero attached hydrogens (tertiary/aromatic N) is 2. The molecular weight excluding hydrogens is 446 g/mol. The molecule has 178 valence electrons. The highest BCUT2D eigenvalue weighted by Crippen LogP contribution is 2.30. The van der Waals surface area contributed by atoms with Crippen molar-refractivity contribution in [3.8, 4) is 17.6 Å². The van der Waals surface area contributed by atoms with Crippen LogP contribution in [0.4, 0.5) is 11.4 Å². The summed E-state index contributed by atoms with van der Waals surface area (Å²) >= 11 is 0. The Morgan fingerprint density at radius 2 is 1.77 bits per heavy atom. The summed E-state index contributed by atoms with van der Waals surface area (Å²) in [5.74, 6) is 0.419. The van der Waals surface area contributed by atoms with Crippen molar-refractivity contribution in [2.24, 2.45) is 0 Å². The second-order valence-electron chi connectivity index (χ2n) is 7.77. The third-order valence-corrected chi connectivity index (χ3v) is 5.25. The fourth-order valence-corrected chi connectivity index (χ4v) is 3.21. The SMILES string of the molecule is CCOc1cc(/C=C(\C#N)C(=O)Nc2ccc(C)c(C)c2)ccc1OCc1ccc([N+](=O)[O-])cc1. The van der Waals surface area contributed by atoms with Gasteiger partial charge < -0.3 is 14.8 Å². The number of anilines is 1. The van der Waals surface area contributed by atoms with Crippen LogP contribution in [0.15, 0.2) is 66.2 Å². The molecule has 0 fully saturated rings. The molecule has 3 aromatic rings. The molecule has 0 bridgehead atoms. The van der Waals surface area contributed by atoms with Gasteiger partial charge in [0, 0.05) is 17.8 Å². The summed E-state index contributed by atoms with van der Waals surface area (Å²) in [7, 11) is 0. The molecule has 1 amide bonds. The highest BCUT2D eigenvalue weighted by Gasteiger charge is 2.12. The molecular formula is C27H25N3O5. The topological polar surface area (TPSA) is 114 Å². The van der Waals surface area contributed by atoms with Gasteiger partial charge in [0.25, 0.3) is 11.6 Å². The van der Waals surface area contributed by atoms with Gasteiger partial charge in [0.15, 0.2) is 11.5 Å². The maximum absolute atomic E-state index is 12.6. The number of non-ortho nitro benzene ring substituents is 1. The fourth-order valence-electron chi connectivity index (χ4n) is 3.21. The molecule has 0 atom stereocenters. The van der Waals surface area contributed by atoms with E-state index in [0.717, 1.165) is 16.7 Å². The quantitative estimate of drug-likeness (QED) is 0.184. The first-order valence-corrected chi connectivity index (χ1v) is 10.9. The number of amides is 1. The number of nitro benzene ring substituents is 1. The van der Waals surface area contributed by atoms with Crippen LogP contribution in [-0.4, -0.2) is 17.4 Å². The van der Waals surface area contributed by atoms with Gasteiger partial charge >= 0.3 is 0 Å². The van der Waals surface area contributed by atoms with Gasteiger partial charge in [-0.25, -0.2) is 0 Å². The molecule has 0 aromatic heterocycles. The lowest BCUT2D eigenvalue weighted by molar-refractivity contribution is -0.384. The lowest BCUT2D eigenvalue weighted by Crippen LogP contribution is -2.13. The molecule has 1 N–H and O–H groups in total. The molecule has 0 saturated heterocycles. The average molecular weight is 472 g/mol. The number of nitrogens with one attached hydrogen (secondary N) is 1. The normalized spacial score (nSPS) is 10.9. The Bertz CT molecular complexity index is 1310. The van der Waals surface area contributed by atoms with Crippen LogP contribution in [0.5, 0.6) is 11.5 Å². The van der Waals surface area contributed by atoms with Crippen molar-refractivity contribution in [3.05, 3.63) is 98.6 Å². The minimum absolute atomic E-state index is 0.00902. The first kappa shape index (κ1) is 25.0. The van der Waals surface area contributed by atoms with Crippen molar-refractivity contribution < 1.29 is 19.2 Å². The Kier molecular flexibility index (Phi) is 8.20. The third-order valence-electron chi connectivity index (χ3n) is 5.25. The molecule has 35 heavy (non-hydrogen) atoms. The molecule has 8 nitrogen and oxygen atoms in total. The maximum atomic E-state index is 12.6. The molecule has 0 aliphatic rings. The van der Waals surface area contributed by atoms with E-state index in [9.17, 15) is 20.2 Å². The summed E-state index contributed by atoms with van der Waals surface area (Å²) in [6.45, 7) is 6.35. The van der Waals surface area contributed by atoms with Crippen molar-refractivity contribution in [1.82, 2.24) is 0 Å². The van der Waals surface area contributed by atoms with E-state index in [-0.39, 0.29) is 17.9 Å². The Labute approximate surface area is 203 Å². The van der Waals surface area contributed by atoms with E-state index >= 15 is 0 Å². The number of rotatable bonds is 9. The van der Waals surface area contributed by atoms with Crippen LogP contribution in [0.25, 0.3) is 6.08 Å². The van der Waals surface area contributed by atoms with Crippen LogP contribution in [0.2, 0.25) is 0 Å². The summed E-state index contributed by atoms with van der Waals surface area (Å²) in [6, 6.07) is 18.7. The average Bonchev–Trinajstić information content (AvgIpc) is 2.84. The van der Waals surface area contributed by atoms with Crippen molar-refractivity contribution in [2.75, 3.05) is 11.9 Å². The van der Waals surface area contributed by atoms with Gasteiger partial charge in [0.1, 0.15) is 18.2 Å². The van der Waals surface area contributed by atoms with E-state index in [1.54, 1.807) is 36.4 Å². The number of hydrogen-bond donors (Lipinski definition) is 1. The Morgan fingerprint density at radius 3 is 2.40 bits per heavy atom. The Hall–Kier alpha value is -4.64. The van der Waals surface area contributed by atoms with E-state index in [1.165, 1.54) is 18.2 Å². The monoisotopic (exact) mass is 471 g/mol. The second kappa shape index (κ2) is 11.5. The predicted octanol–water partition coefficient (Wildman–Crippen LogP) is 5.74. The van der Waals surface area contributed by atoms with Gasteiger partial charge in [-0.15, -0.1) is 0 Å². The number of nitriles is 1. The fraction of sp³-hybridized carbons (Fsp3) is 0.185. The first-order chi connectivity index (χ1) is 16.8. The highest BCUT2D eigenvalue weighted by molar-refractivity contribution is 6.09. The maximum Gasteiger partial charge on any atom is 0.269 e. The predicted molar refractivity (Wildman–Crippen MR) is 133 cm³/mol. The number of benzene rings is 3. The largest absolute Gasteiger partial charge is 0.490 e. The summed E-state index contributed by atoms with van der Waals surface area (Å²) in [6.07, 6.45) is 1.49. The van der Waals surface area contributed by atoms with Crippen LogP contribution >= 0.6 is 0 Å². The lowest BCUT2D eigenvalue weighted by atomic mass is 10.1. The molecule has 0 saturated carbocycles. The van der Waals surface area contributed by atoms with E-state index in [1.807, 2.05) is 39.0 Å². The smallest absolute Gasteiger partial charge is 0.269 e. The molecule has 3 aromatic carbocycles. The standard InChI is InChI=1S/C27H25N3O5/c1-4-34-26-15-21(8-12-25(26)35-17-20-6-10-24(11-7-20)30(32)33)14-22(16-28)27(31)29-23-9-5-18(2)19(3)13-23/h5-15H,4,17H2,1-3H3,(H,29,31)/b22-14+. The van der Waals surface area contributed by atoms with Crippen molar-refractivity contribution in [1.29, 1.82) is 5.26 Å². The summed E-state index contributed by atoms with van der Waals surface area (Å²) < 4.78 is 11.5. The van der Waals surface area contributed by atoms with Crippen LogP contribution in [0.1, 0.15) is 29.2 Å². The minimum Gasteiger partial charge on any atom is -0.490 e. The zero-order valence-electron chi connectivity index (χ0n) is 19.7. The molecule has 0 aliphatic carbocycles. The molecule has 0 heterocycles. The van der Waals surface area contributed by atoms with Gasteiger partial charge in [0.2, 0.25) is 0 Å². The van der Waals surface area contributed by atoms with E-state index in [0.29, 0.717) is 29.4 Å². The van der Waals surface area contributed by atoms with Gasteiger partial charge in [-0.1, -0.05) is 12.1 Å². The lowest BCUT2D eigenvalue weighted by Gasteiger charge is -2.13. The van der Waals surface area contributed by atoms with E-state index < -0.39 is 10.8 Å². The van der Waals surface area contributed by atoms with Gasteiger partial charge in [-0.3, -0.25) is 14.9 Å². The number of nitro groups is 1. The van der Waals surface area contributed by atoms with Crippen LogP contribution in [0, 0.1) is 35.3 Å². The minimum atomic E-state index is -0.507. The summed E-state index contributed by atoms with van der Waals surface area (Å²) in [5.41, 5.74) is 4.08. The molecule has 8 heteroatoms. The van der Waals surface area contributed by atoms with Gasteiger partial charge in [0.05, 0.1) is 11.5 Å². The Balaban J connectivity index is 1.76. The zero-order valence-corrected chi connectivity index (χ0v) is 19.7. The van der Waals surface area contributed by atoms with Crippen LogP contribution < -0.4 is 14.8 Å². The Morgan fingerprint density at radius 1 is 1.03 bits per heavy atom. The molecule has 0 aliphatic heterocycles. The van der Waals surface area contributed by atoms with Crippen molar-refractivity contribution in [2.45, 2.75) is 27.4 Å². The number of hydrogen-bond acceptors (Lipinski definition) is 6. The molecule has 3 rings (SSSR count). The molecule has 0 unspecified atom stereocenters. The number of aryl methyl sites for hydroxylation is 2. The van der Waals surface area contributed by atoms with Crippen LogP contribution in [0.3, 0.4) is 0 Å². The second-order valence-corrected chi connectivity index (χ2v) is 7.77. The zero-order chi connectivity index (χ0) is 25.4. The van der Waals surface area contributed by atoms with E-state index in [2.05, 4.69) is 5.32 Å². The highest BCUT2D eigenvalue weighted by atomic mass is 16.6. The van der Waals surface area contributed by atoms with Gasteiger partial charge in [-0.2, -0.15) is 5.26 Å². The number of carbonyl (C=O) groups is 1. The third kappa shape index (κ3) is 6.68.